The number of anilines is 2. The van der Waals surface area contributed by atoms with Gasteiger partial charge in [0.15, 0.2) is 6.61 Å². The molecule has 4 amide bonds. The molecule has 0 bridgehead atoms. The predicted molar refractivity (Wildman–Crippen MR) is 146 cm³/mol. The number of imide groups is 1. The van der Waals surface area contributed by atoms with E-state index in [0.717, 1.165) is 22.2 Å². The summed E-state index contributed by atoms with van der Waals surface area (Å²) in [7, 11) is 1.54. The van der Waals surface area contributed by atoms with Gasteiger partial charge in [0.05, 0.1) is 12.0 Å². The molecule has 3 aromatic rings. The zero-order chi connectivity index (χ0) is 27.1. The van der Waals surface area contributed by atoms with Gasteiger partial charge in [0.1, 0.15) is 18.0 Å². The van der Waals surface area contributed by atoms with Crippen molar-refractivity contribution in [3.8, 4) is 11.5 Å². The van der Waals surface area contributed by atoms with Gasteiger partial charge in [-0.2, -0.15) is 0 Å². The van der Waals surface area contributed by atoms with Crippen molar-refractivity contribution in [3.63, 3.8) is 0 Å². The molecule has 1 saturated heterocycles. The molecule has 1 aliphatic rings. The first-order chi connectivity index (χ1) is 18.3. The van der Waals surface area contributed by atoms with Crippen LogP contribution in [0, 0.1) is 6.92 Å². The van der Waals surface area contributed by atoms with Crippen molar-refractivity contribution < 1.29 is 28.7 Å². The highest BCUT2D eigenvalue weighted by Crippen LogP contribution is 2.32. The quantitative estimate of drug-likeness (QED) is 0.385. The number of ether oxygens (including phenoxy) is 2. The highest BCUT2D eigenvalue weighted by molar-refractivity contribution is 8.18. The molecule has 0 unspecified atom stereocenters. The van der Waals surface area contributed by atoms with E-state index in [9.17, 15) is 19.2 Å². The van der Waals surface area contributed by atoms with Crippen molar-refractivity contribution in [2.45, 2.75) is 6.92 Å². The van der Waals surface area contributed by atoms with Gasteiger partial charge in [0.2, 0.25) is 5.91 Å². The minimum atomic E-state index is -0.543. The van der Waals surface area contributed by atoms with E-state index in [1.54, 1.807) is 60.7 Å². The Morgan fingerprint density at radius 1 is 0.895 bits per heavy atom. The van der Waals surface area contributed by atoms with Crippen molar-refractivity contribution in [2.24, 2.45) is 0 Å². The number of rotatable bonds is 9. The number of carbonyl (C=O) groups excluding carboxylic acids is 4. The number of nitrogens with one attached hydrogen (secondary N) is 2. The Balaban J connectivity index is 1.30. The third kappa shape index (κ3) is 7.01. The zero-order valence-electron chi connectivity index (χ0n) is 20.7. The van der Waals surface area contributed by atoms with Crippen LogP contribution in [-0.2, 0) is 14.4 Å². The zero-order valence-corrected chi connectivity index (χ0v) is 21.5. The fraction of sp³-hybridized carbons (Fsp3) is 0.143. The largest absolute Gasteiger partial charge is 0.497 e. The molecule has 10 heteroatoms. The molecule has 0 spiro atoms. The monoisotopic (exact) mass is 531 g/mol. The van der Waals surface area contributed by atoms with E-state index in [1.165, 1.54) is 7.11 Å². The Morgan fingerprint density at radius 2 is 1.58 bits per heavy atom. The standard InChI is InChI=1S/C28H25N3O6S/c1-18-4-3-5-21(14-18)30-26(33)17-37-23-10-6-19(7-11-23)15-24-27(34)31(28(35)38-24)16-25(32)29-20-8-12-22(36-2)13-9-20/h3-15H,16-17H2,1-2H3,(H,29,32)(H,30,33)/b24-15+. The van der Waals surface area contributed by atoms with Gasteiger partial charge in [-0.15, -0.1) is 0 Å². The van der Waals surface area contributed by atoms with Crippen molar-refractivity contribution in [2.75, 3.05) is 30.9 Å². The summed E-state index contributed by atoms with van der Waals surface area (Å²) in [5.74, 6) is -0.207. The van der Waals surface area contributed by atoms with E-state index in [1.807, 2.05) is 25.1 Å². The van der Waals surface area contributed by atoms with Gasteiger partial charge < -0.3 is 20.1 Å². The minimum absolute atomic E-state index is 0.162. The van der Waals surface area contributed by atoms with Gasteiger partial charge in [-0.1, -0.05) is 24.3 Å². The molecule has 0 radical (unpaired) electrons. The average molecular weight is 532 g/mol. The summed E-state index contributed by atoms with van der Waals surface area (Å²) in [5, 5.41) is 4.91. The van der Waals surface area contributed by atoms with Crippen LogP contribution in [0.15, 0.2) is 77.7 Å². The van der Waals surface area contributed by atoms with Gasteiger partial charge in [0.25, 0.3) is 17.1 Å². The summed E-state index contributed by atoms with van der Waals surface area (Å²) in [4.78, 5) is 50.8. The Labute approximate surface area is 223 Å². The maximum atomic E-state index is 12.8. The summed E-state index contributed by atoms with van der Waals surface area (Å²) >= 11 is 0.768. The van der Waals surface area contributed by atoms with E-state index < -0.39 is 23.6 Å². The number of aryl methyl sites for hydroxylation is 1. The fourth-order valence-corrected chi connectivity index (χ4v) is 4.37. The van der Waals surface area contributed by atoms with Crippen molar-refractivity contribution >= 4 is 52.2 Å². The molecule has 0 saturated carbocycles. The number of carbonyl (C=O) groups is 4. The number of benzene rings is 3. The van der Waals surface area contributed by atoms with E-state index in [-0.39, 0.29) is 17.4 Å². The Kier molecular flexibility index (Phi) is 8.44. The molecule has 0 aromatic heterocycles. The number of hydrogen-bond donors (Lipinski definition) is 2. The van der Waals surface area contributed by atoms with Crippen LogP contribution in [0.4, 0.5) is 16.2 Å². The Hall–Kier alpha value is -4.57. The molecule has 1 aliphatic heterocycles. The molecule has 0 atom stereocenters. The molecule has 1 heterocycles. The Morgan fingerprint density at radius 3 is 2.26 bits per heavy atom. The number of thioether (sulfide) groups is 1. The fourth-order valence-electron chi connectivity index (χ4n) is 3.54. The van der Waals surface area contributed by atoms with Gasteiger partial charge in [0, 0.05) is 11.4 Å². The van der Waals surface area contributed by atoms with Crippen molar-refractivity contribution in [1.29, 1.82) is 0 Å². The SMILES string of the molecule is COc1ccc(NC(=O)CN2C(=O)S/C(=C/c3ccc(OCC(=O)Nc4cccc(C)c4)cc3)C2=O)cc1. The smallest absolute Gasteiger partial charge is 0.294 e. The van der Waals surface area contributed by atoms with E-state index >= 15 is 0 Å². The molecule has 194 valence electrons. The van der Waals surface area contributed by atoms with Crippen LogP contribution in [0.3, 0.4) is 0 Å². The lowest BCUT2D eigenvalue weighted by Gasteiger charge is -2.12. The molecule has 1 fully saturated rings. The van der Waals surface area contributed by atoms with Gasteiger partial charge in [-0.25, -0.2) is 0 Å². The summed E-state index contributed by atoms with van der Waals surface area (Å²) in [6.45, 7) is 1.38. The van der Waals surface area contributed by atoms with Crippen molar-refractivity contribution in [3.05, 3.63) is 88.8 Å². The van der Waals surface area contributed by atoms with Crippen LogP contribution in [-0.4, -0.2) is 48.1 Å². The lowest BCUT2D eigenvalue weighted by atomic mass is 10.2. The lowest BCUT2D eigenvalue weighted by molar-refractivity contribution is -0.127. The van der Waals surface area contributed by atoms with Crippen molar-refractivity contribution in [1.82, 2.24) is 4.90 Å². The maximum absolute atomic E-state index is 12.8. The second-order valence-corrected chi connectivity index (χ2v) is 9.31. The molecule has 3 aromatic carbocycles. The Bertz CT molecular complexity index is 1390. The van der Waals surface area contributed by atoms with Crippen LogP contribution in [0.5, 0.6) is 11.5 Å². The first-order valence-corrected chi connectivity index (χ1v) is 12.4. The average Bonchev–Trinajstić information content (AvgIpc) is 3.16. The van der Waals surface area contributed by atoms with E-state index in [4.69, 9.17) is 9.47 Å². The molecular formula is C28H25N3O6S. The highest BCUT2D eigenvalue weighted by atomic mass is 32.2. The van der Waals surface area contributed by atoms with Gasteiger partial charge in [-0.3, -0.25) is 24.1 Å². The van der Waals surface area contributed by atoms with Crippen LogP contribution >= 0.6 is 11.8 Å². The first kappa shape index (κ1) is 26.5. The maximum Gasteiger partial charge on any atom is 0.294 e. The number of nitrogens with zero attached hydrogens (tertiary/aromatic N) is 1. The number of hydrogen-bond acceptors (Lipinski definition) is 7. The summed E-state index contributed by atoms with van der Waals surface area (Å²) in [6, 6.07) is 20.9. The number of amides is 4. The predicted octanol–water partition coefficient (Wildman–Crippen LogP) is 4.70. The first-order valence-electron chi connectivity index (χ1n) is 11.6. The van der Waals surface area contributed by atoms with E-state index in [0.29, 0.717) is 28.4 Å². The second kappa shape index (κ2) is 12.1. The van der Waals surface area contributed by atoms with Crippen LogP contribution in [0.25, 0.3) is 6.08 Å². The van der Waals surface area contributed by atoms with Crippen LogP contribution in [0.2, 0.25) is 0 Å². The minimum Gasteiger partial charge on any atom is -0.497 e. The second-order valence-electron chi connectivity index (χ2n) is 8.32. The summed E-state index contributed by atoms with van der Waals surface area (Å²) < 4.78 is 10.6. The molecule has 9 nitrogen and oxygen atoms in total. The topological polar surface area (TPSA) is 114 Å². The summed E-state index contributed by atoms with van der Waals surface area (Å²) in [6.07, 6.45) is 1.57. The molecule has 38 heavy (non-hydrogen) atoms. The van der Waals surface area contributed by atoms with Crippen LogP contribution in [0.1, 0.15) is 11.1 Å². The normalized spacial score (nSPS) is 13.9. The third-order valence-electron chi connectivity index (χ3n) is 5.40. The molecule has 2 N–H and O–H groups in total. The summed E-state index contributed by atoms with van der Waals surface area (Å²) in [5.41, 5.74) is 2.91. The van der Waals surface area contributed by atoms with E-state index in [2.05, 4.69) is 10.6 Å². The molecule has 4 rings (SSSR count). The lowest BCUT2D eigenvalue weighted by Crippen LogP contribution is -2.36. The van der Waals surface area contributed by atoms with Gasteiger partial charge >= 0.3 is 0 Å². The van der Waals surface area contributed by atoms with Crippen LogP contribution < -0.4 is 20.1 Å². The highest BCUT2D eigenvalue weighted by Gasteiger charge is 2.36. The molecular weight excluding hydrogens is 506 g/mol. The molecule has 0 aliphatic carbocycles. The number of methoxy groups -OCH3 is 1. The van der Waals surface area contributed by atoms with Gasteiger partial charge in [-0.05, 0) is 84.4 Å². The third-order valence-corrected chi connectivity index (χ3v) is 6.31.